The molecule has 1 aliphatic carbocycles. The number of hydrogen-bond acceptors (Lipinski definition) is 3. The number of aliphatic hydroxyl groups excluding tert-OH is 1. The molecule has 4 heteroatoms. The number of carbonyl (C=O) groups excluding carboxylic acids is 1. The minimum Gasteiger partial charge on any atom is -0.497 e. The van der Waals surface area contributed by atoms with Gasteiger partial charge >= 0.3 is 0 Å². The van der Waals surface area contributed by atoms with E-state index in [9.17, 15) is 9.90 Å². The molecule has 25 heavy (non-hydrogen) atoms. The van der Waals surface area contributed by atoms with Crippen molar-refractivity contribution in [2.24, 2.45) is 0 Å². The Morgan fingerprint density at radius 2 is 1.96 bits per heavy atom. The Morgan fingerprint density at radius 1 is 1.24 bits per heavy atom. The predicted octanol–water partition coefficient (Wildman–Crippen LogP) is 3.14. The molecule has 0 spiro atoms. The summed E-state index contributed by atoms with van der Waals surface area (Å²) in [7, 11) is 1.61. The number of ether oxygens (including phenoxy) is 1. The third kappa shape index (κ3) is 3.54. The van der Waals surface area contributed by atoms with E-state index in [0.29, 0.717) is 0 Å². The SMILES string of the molecule is COc1ccc(C(O)CNC(=O)C2(C)CCCc3ccccc32)cc1. The molecule has 0 radical (unpaired) electrons. The second kappa shape index (κ2) is 7.28. The van der Waals surface area contributed by atoms with Gasteiger partial charge in [0.1, 0.15) is 5.75 Å². The number of methoxy groups -OCH3 is 1. The van der Waals surface area contributed by atoms with Gasteiger partial charge in [-0.1, -0.05) is 36.4 Å². The fourth-order valence-electron chi connectivity index (χ4n) is 3.61. The van der Waals surface area contributed by atoms with Crippen LogP contribution in [0.3, 0.4) is 0 Å². The summed E-state index contributed by atoms with van der Waals surface area (Å²) < 4.78 is 5.12. The van der Waals surface area contributed by atoms with Crippen molar-refractivity contribution in [3.05, 3.63) is 65.2 Å². The van der Waals surface area contributed by atoms with Gasteiger partial charge in [0.2, 0.25) is 5.91 Å². The molecule has 0 saturated carbocycles. The van der Waals surface area contributed by atoms with E-state index in [1.54, 1.807) is 19.2 Å². The van der Waals surface area contributed by atoms with Crippen LogP contribution in [0.5, 0.6) is 5.75 Å². The number of fused-ring (bicyclic) bond motifs is 1. The molecule has 0 aliphatic heterocycles. The highest BCUT2D eigenvalue weighted by Crippen LogP contribution is 2.37. The molecule has 0 bridgehead atoms. The van der Waals surface area contributed by atoms with E-state index >= 15 is 0 Å². The quantitative estimate of drug-likeness (QED) is 0.880. The number of hydrogen-bond donors (Lipinski definition) is 2. The zero-order chi connectivity index (χ0) is 17.9. The Kier molecular flexibility index (Phi) is 5.09. The summed E-state index contributed by atoms with van der Waals surface area (Å²) in [5.74, 6) is 0.721. The summed E-state index contributed by atoms with van der Waals surface area (Å²) in [4.78, 5) is 12.9. The van der Waals surface area contributed by atoms with Gasteiger partial charge in [0.25, 0.3) is 0 Å². The summed E-state index contributed by atoms with van der Waals surface area (Å²) in [5.41, 5.74) is 2.59. The number of carbonyl (C=O) groups is 1. The first kappa shape index (κ1) is 17.5. The zero-order valence-corrected chi connectivity index (χ0v) is 14.8. The molecule has 132 valence electrons. The zero-order valence-electron chi connectivity index (χ0n) is 14.8. The monoisotopic (exact) mass is 339 g/mol. The molecule has 2 aromatic rings. The lowest BCUT2D eigenvalue weighted by Crippen LogP contribution is -2.45. The van der Waals surface area contributed by atoms with Crippen LogP contribution in [0.25, 0.3) is 0 Å². The molecule has 2 unspecified atom stereocenters. The van der Waals surface area contributed by atoms with Crippen LogP contribution >= 0.6 is 0 Å². The van der Waals surface area contributed by atoms with E-state index in [2.05, 4.69) is 11.4 Å². The number of aryl methyl sites for hydroxylation is 1. The van der Waals surface area contributed by atoms with Crippen molar-refractivity contribution >= 4 is 5.91 Å². The minimum absolute atomic E-state index is 0.0211. The van der Waals surface area contributed by atoms with Gasteiger partial charge in [0, 0.05) is 6.54 Å². The van der Waals surface area contributed by atoms with Crippen molar-refractivity contribution < 1.29 is 14.6 Å². The Bertz CT molecular complexity index is 741. The van der Waals surface area contributed by atoms with Crippen LogP contribution < -0.4 is 10.1 Å². The number of rotatable bonds is 5. The van der Waals surface area contributed by atoms with Crippen molar-refractivity contribution in [2.75, 3.05) is 13.7 Å². The van der Waals surface area contributed by atoms with Crippen LogP contribution in [-0.2, 0) is 16.6 Å². The van der Waals surface area contributed by atoms with E-state index < -0.39 is 11.5 Å². The summed E-state index contributed by atoms with van der Waals surface area (Å²) in [6, 6.07) is 15.4. The topological polar surface area (TPSA) is 58.6 Å². The molecule has 2 N–H and O–H groups in total. The second-order valence-corrected chi connectivity index (χ2v) is 6.84. The van der Waals surface area contributed by atoms with Crippen LogP contribution in [0.4, 0.5) is 0 Å². The lowest BCUT2D eigenvalue weighted by molar-refractivity contribution is -0.127. The van der Waals surface area contributed by atoms with Crippen LogP contribution in [0.1, 0.15) is 42.6 Å². The molecule has 0 saturated heterocycles. The summed E-state index contributed by atoms with van der Waals surface area (Å²) in [6.45, 7) is 2.20. The lowest BCUT2D eigenvalue weighted by atomic mass is 9.70. The minimum atomic E-state index is -0.739. The molecular weight excluding hydrogens is 314 g/mol. The summed E-state index contributed by atoms with van der Waals surface area (Å²) >= 11 is 0. The summed E-state index contributed by atoms with van der Waals surface area (Å²) in [6.07, 6.45) is 2.11. The molecule has 0 fully saturated rings. The van der Waals surface area contributed by atoms with Gasteiger partial charge in [-0.05, 0) is 55.0 Å². The first-order chi connectivity index (χ1) is 12.0. The number of aliphatic hydroxyl groups is 1. The van der Waals surface area contributed by atoms with Gasteiger partial charge < -0.3 is 15.2 Å². The van der Waals surface area contributed by atoms with E-state index in [-0.39, 0.29) is 12.5 Å². The first-order valence-corrected chi connectivity index (χ1v) is 8.73. The third-order valence-corrected chi connectivity index (χ3v) is 5.19. The fraction of sp³-hybridized carbons (Fsp3) is 0.381. The fourth-order valence-corrected chi connectivity index (χ4v) is 3.61. The third-order valence-electron chi connectivity index (χ3n) is 5.19. The maximum Gasteiger partial charge on any atom is 0.230 e. The predicted molar refractivity (Wildman–Crippen MR) is 97.7 cm³/mol. The van der Waals surface area contributed by atoms with Gasteiger partial charge in [-0.2, -0.15) is 0 Å². The van der Waals surface area contributed by atoms with E-state index in [1.165, 1.54) is 5.56 Å². The molecule has 1 amide bonds. The Morgan fingerprint density at radius 3 is 2.68 bits per heavy atom. The molecule has 2 atom stereocenters. The maximum absolute atomic E-state index is 12.9. The number of benzene rings is 2. The van der Waals surface area contributed by atoms with Crippen molar-refractivity contribution in [1.29, 1.82) is 0 Å². The van der Waals surface area contributed by atoms with Crippen LogP contribution in [0.2, 0.25) is 0 Å². The standard InChI is InChI=1S/C21H25NO3/c1-21(13-5-7-15-6-3-4-8-18(15)21)20(24)22-14-19(23)16-9-11-17(25-2)12-10-16/h3-4,6,8-12,19,23H,5,7,13-14H2,1-2H3,(H,22,24). The molecule has 3 rings (SSSR count). The molecule has 1 aliphatic rings. The van der Waals surface area contributed by atoms with Gasteiger partial charge in [-0.25, -0.2) is 0 Å². The largest absolute Gasteiger partial charge is 0.497 e. The highest BCUT2D eigenvalue weighted by molar-refractivity contribution is 5.88. The van der Waals surface area contributed by atoms with Gasteiger partial charge in [-0.15, -0.1) is 0 Å². The average Bonchev–Trinajstić information content (AvgIpc) is 2.66. The normalized spacial score (nSPS) is 20.4. The number of nitrogens with one attached hydrogen (secondary N) is 1. The molecule has 0 aromatic heterocycles. The molecule has 4 nitrogen and oxygen atoms in total. The van der Waals surface area contributed by atoms with Gasteiger partial charge in [0.15, 0.2) is 0 Å². The Hall–Kier alpha value is -2.33. The van der Waals surface area contributed by atoms with Crippen molar-refractivity contribution in [2.45, 2.75) is 37.7 Å². The average molecular weight is 339 g/mol. The lowest BCUT2D eigenvalue weighted by Gasteiger charge is -2.35. The molecule has 0 heterocycles. The highest BCUT2D eigenvalue weighted by Gasteiger charge is 2.38. The Labute approximate surface area is 148 Å². The van der Waals surface area contributed by atoms with Crippen molar-refractivity contribution in [1.82, 2.24) is 5.32 Å². The van der Waals surface area contributed by atoms with Crippen molar-refractivity contribution in [3.63, 3.8) is 0 Å². The van der Waals surface area contributed by atoms with E-state index in [0.717, 1.165) is 36.1 Å². The number of amides is 1. The molecule has 2 aromatic carbocycles. The molecular formula is C21H25NO3. The smallest absolute Gasteiger partial charge is 0.230 e. The highest BCUT2D eigenvalue weighted by atomic mass is 16.5. The van der Waals surface area contributed by atoms with E-state index in [1.807, 2.05) is 37.3 Å². The Balaban J connectivity index is 1.68. The van der Waals surface area contributed by atoms with Crippen LogP contribution in [0, 0.1) is 0 Å². The maximum atomic E-state index is 12.9. The summed E-state index contributed by atoms with van der Waals surface area (Å²) in [5, 5.41) is 13.3. The van der Waals surface area contributed by atoms with Crippen molar-refractivity contribution in [3.8, 4) is 5.75 Å². The van der Waals surface area contributed by atoms with E-state index in [4.69, 9.17) is 4.74 Å². The second-order valence-electron chi connectivity index (χ2n) is 6.84. The first-order valence-electron chi connectivity index (χ1n) is 8.73. The van der Waals surface area contributed by atoms with Gasteiger partial charge in [0.05, 0.1) is 18.6 Å². The van der Waals surface area contributed by atoms with Crippen LogP contribution in [0.15, 0.2) is 48.5 Å². The van der Waals surface area contributed by atoms with Crippen LogP contribution in [-0.4, -0.2) is 24.7 Å². The van der Waals surface area contributed by atoms with Gasteiger partial charge in [-0.3, -0.25) is 4.79 Å².